The summed E-state index contributed by atoms with van der Waals surface area (Å²) >= 11 is 0. The largest absolute Gasteiger partial charge is 0.394 e. The van der Waals surface area contributed by atoms with Gasteiger partial charge in [0.15, 0.2) is 0 Å². The monoisotopic (exact) mass is 914 g/mol. The lowest BCUT2D eigenvalue weighted by Gasteiger charge is -2.21. The molecule has 0 radical (unpaired) electrons. The molecule has 65 heavy (non-hydrogen) atoms. The van der Waals surface area contributed by atoms with Gasteiger partial charge < -0.3 is 20.6 Å². The van der Waals surface area contributed by atoms with Crippen LogP contribution in [0.3, 0.4) is 0 Å². The number of hydrogen-bond donors (Lipinski definition) is 4. The zero-order chi connectivity index (χ0) is 47.2. The molecule has 0 aliphatic carbocycles. The Morgan fingerprint density at radius 1 is 0.385 bits per heavy atom. The highest BCUT2D eigenvalue weighted by Gasteiger charge is 2.20. The van der Waals surface area contributed by atoms with Crippen LogP contribution < -0.4 is 5.32 Å². The quantitative estimate of drug-likeness (QED) is 0.0361. The molecule has 0 bridgehead atoms. The predicted octanol–water partition coefficient (Wildman–Crippen LogP) is 18.2. The van der Waals surface area contributed by atoms with Gasteiger partial charge in [-0.3, -0.25) is 4.79 Å². The number of nitrogens with one attached hydrogen (secondary N) is 1. The van der Waals surface area contributed by atoms with E-state index in [0.717, 1.165) is 38.5 Å². The summed E-state index contributed by atoms with van der Waals surface area (Å²) in [5.41, 5.74) is 0. The second kappa shape index (κ2) is 55.2. The SMILES string of the molecule is CCCCCCCCCCCCCCCCC/C=C/CC/C=C/CC/C=C/C(O)C(CO)NC(=O)CC(O)CCCCCCCCCCCCCCCCCCCCCCCCCCC. The molecule has 5 nitrogen and oxygen atoms in total. The minimum atomic E-state index is -0.960. The standard InChI is InChI=1S/C60H115NO4/c1-3-5-7-9-11-13-15-17-19-21-23-25-27-29-31-33-35-37-39-41-43-45-47-49-51-53-57(63)55-60(65)61-58(56-62)59(64)54-52-50-48-46-44-42-40-38-36-34-32-30-28-26-24-22-20-18-16-14-12-10-8-6-4-2/h36,38,44,46,52,54,57-59,62-64H,3-35,37,39-43,45,47-51,53,55-56H2,1-2H3,(H,61,65)/b38-36+,46-44+,54-52+. The minimum absolute atomic E-state index is 0.00578. The third kappa shape index (κ3) is 51.8. The third-order valence-electron chi connectivity index (χ3n) is 13.7. The molecule has 0 rings (SSSR count). The Balaban J connectivity index is 3.60. The highest BCUT2D eigenvalue weighted by atomic mass is 16.3. The van der Waals surface area contributed by atoms with Crippen molar-refractivity contribution >= 4 is 5.91 Å². The molecule has 0 saturated heterocycles. The smallest absolute Gasteiger partial charge is 0.222 e. The van der Waals surface area contributed by atoms with Crippen LogP contribution in [-0.2, 0) is 4.79 Å². The van der Waals surface area contributed by atoms with E-state index in [9.17, 15) is 20.1 Å². The van der Waals surface area contributed by atoms with E-state index >= 15 is 0 Å². The number of amides is 1. The lowest BCUT2D eigenvalue weighted by atomic mass is 10.0. The van der Waals surface area contributed by atoms with Crippen LogP contribution in [0, 0.1) is 0 Å². The van der Waals surface area contributed by atoms with E-state index in [2.05, 4.69) is 43.5 Å². The normalized spacial score (nSPS) is 13.5. The molecule has 1 amide bonds. The second-order valence-corrected chi connectivity index (χ2v) is 20.2. The number of hydrogen-bond acceptors (Lipinski definition) is 4. The van der Waals surface area contributed by atoms with E-state index in [4.69, 9.17) is 0 Å². The van der Waals surface area contributed by atoms with Gasteiger partial charge in [-0.1, -0.05) is 301 Å². The summed E-state index contributed by atoms with van der Waals surface area (Å²) in [7, 11) is 0. The summed E-state index contributed by atoms with van der Waals surface area (Å²) in [4.78, 5) is 12.5. The first-order valence-corrected chi connectivity index (χ1v) is 29.3. The van der Waals surface area contributed by atoms with Crippen LogP contribution in [-0.4, -0.2) is 46.1 Å². The highest BCUT2D eigenvalue weighted by molar-refractivity contribution is 5.76. The Hall–Kier alpha value is -1.43. The van der Waals surface area contributed by atoms with Crippen molar-refractivity contribution in [3.05, 3.63) is 36.5 Å². The maximum atomic E-state index is 12.5. The average molecular weight is 915 g/mol. The van der Waals surface area contributed by atoms with Gasteiger partial charge in [0.1, 0.15) is 0 Å². The fourth-order valence-corrected chi connectivity index (χ4v) is 9.20. The number of aliphatic hydroxyl groups is 3. The number of carbonyl (C=O) groups is 1. The van der Waals surface area contributed by atoms with Crippen LogP contribution >= 0.6 is 0 Å². The topological polar surface area (TPSA) is 89.8 Å². The molecule has 0 aromatic carbocycles. The third-order valence-corrected chi connectivity index (χ3v) is 13.7. The Kier molecular flexibility index (Phi) is 54.0. The first-order chi connectivity index (χ1) is 32.0. The highest BCUT2D eigenvalue weighted by Crippen LogP contribution is 2.18. The number of rotatable bonds is 54. The summed E-state index contributed by atoms with van der Waals surface area (Å²) in [6, 6.07) is -0.767. The molecule has 5 heteroatoms. The van der Waals surface area contributed by atoms with E-state index < -0.39 is 18.2 Å². The first kappa shape index (κ1) is 63.6. The summed E-state index contributed by atoms with van der Waals surface area (Å²) in [6.07, 6.45) is 72.0. The van der Waals surface area contributed by atoms with Crippen LogP contribution in [0.4, 0.5) is 0 Å². The van der Waals surface area contributed by atoms with Crippen molar-refractivity contribution < 1.29 is 20.1 Å². The molecule has 0 aliphatic heterocycles. The van der Waals surface area contributed by atoms with Gasteiger partial charge in [0.25, 0.3) is 0 Å². The minimum Gasteiger partial charge on any atom is -0.394 e. The van der Waals surface area contributed by atoms with Gasteiger partial charge in [-0.25, -0.2) is 0 Å². The molecule has 0 aliphatic rings. The molecular weight excluding hydrogens is 799 g/mol. The number of carbonyl (C=O) groups excluding carboxylic acids is 1. The Bertz CT molecular complexity index is 1010. The van der Waals surface area contributed by atoms with Crippen molar-refractivity contribution in [2.45, 2.75) is 334 Å². The summed E-state index contributed by atoms with van der Waals surface area (Å²) in [6.45, 7) is 4.24. The fourth-order valence-electron chi connectivity index (χ4n) is 9.20. The van der Waals surface area contributed by atoms with Crippen LogP contribution in [0.5, 0.6) is 0 Å². The Labute approximate surface area is 406 Å². The molecule has 0 spiro atoms. The summed E-state index contributed by atoms with van der Waals surface area (Å²) in [5, 5.41) is 33.5. The Morgan fingerprint density at radius 2 is 0.662 bits per heavy atom. The van der Waals surface area contributed by atoms with Crippen LogP contribution in [0.25, 0.3) is 0 Å². The Morgan fingerprint density at radius 3 is 0.985 bits per heavy atom. The van der Waals surface area contributed by atoms with Gasteiger partial charge in [0.2, 0.25) is 5.91 Å². The van der Waals surface area contributed by atoms with E-state index in [1.165, 1.54) is 250 Å². The number of unbranched alkanes of at least 4 members (excludes halogenated alkanes) is 41. The van der Waals surface area contributed by atoms with Gasteiger partial charge in [-0.05, 0) is 44.9 Å². The zero-order valence-electron chi connectivity index (χ0n) is 43.9. The maximum Gasteiger partial charge on any atom is 0.222 e. The number of allylic oxidation sites excluding steroid dienone is 5. The van der Waals surface area contributed by atoms with Crippen molar-refractivity contribution in [2.75, 3.05) is 6.61 Å². The van der Waals surface area contributed by atoms with Gasteiger partial charge in [0, 0.05) is 0 Å². The second-order valence-electron chi connectivity index (χ2n) is 20.2. The van der Waals surface area contributed by atoms with E-state index in [1.807, 2.05) is 6.08 Å². The fraction of sp³-hybridized carbons (Fsp3) is 0.883. The maximum absolute atomic E-state index is 12.5. The van der Waals surface area contributed by atoms with E-state index in [0.29, 0.717) is 6.42 Å². The zero-order valence-corrected chi connectivity index (χ0v) is 43.9. The van der Waals surface area contributed by atoms with Crippen molar-refractivity contribution in [1.82, 2.24) is 5.32 Å². The number of aliphatic hydroxyl groups excluding tert-OH is 3. The van der Waals surface area contributed by atoms with Crippen molar-refractivity contribution in [3.8, 4) is 0 Å². The van der Waals surface area contributed by atoms with Gasteiger partial charge in [0.05, 0.1) is 31.3 Å². The first-order valence-electron chi connectivity index (χ1n) is 29.3. The van der Waals surface area contributed by atoms with Crippen LogP contribution in [0.2, 0.25) is 0 Å². The van der Waals surface area contributed by atoms with Crippen molar-refractivity contribution in [1.29, 1.82) is 0 Å². The molecule has 0 aromatic heterocycles. The predicted molar refractivity (Wildman–Crippen MR) is 287 cm³/mol. The molecule has 3 unspecified atom stereocenters. The van der Waals surface area contributed by atoms with Gasteiger partial charge in [-0.2, -0.15) is 0 Å². The molecule has 3 atom stereocenters. The summed E-state index contributed by atoms with van der Waals surface area (Å²) in [5.74, 6) is -0.324. The molecular formula is C60H115NO4. The van der Waals surface area contributed by atoms with Crippen LogP contribution in [0.1, 0.15) is 316 Å². The van der Waals surface area contributed by atoms with Crippen molar-refractivity contribution in [2.24, 2.45) is 0 Å². The van der Waals surface area contributed by atoms with E-state index in [1.54, 1.807) is 6.08 Å². The van der Waals surface area contributed by atoms with Gasteiger partial charge in [-0.15, -0.1) is 0 Å². The van der Waals surface area contributed by atoms with Crippen LogP contribution in [0.15, 0.2) is 36.5 Å². The lowest BCUT2D eigenvalue weighted by Crippen LogP contribution is -2.45. The van der Waals surface area contributed by atoms with Crippen molar-refractivity contribution in [3.63, 3.8) is 0 Å². The lowest BCUT2D eigenvalue weighted by molar-refractivity contribution is -0.124. The molecule has 0 saturated carbocycles. The molecule has 4 N–H and O–H groups in total. The molecule has 0 fully saturated rings. The molecule has 0 heterocycles. The van der Waals surface area contributed by atoms with Gasteiger partial charge >= 0.3 is 0 Å². The van der Waals surface area contributed by atoms with E-state index in [-0.39, 0.29) is 18.9 Å². The molecule has 384 valence electrons. The average Bonchev–Trinajstić information content (AvgIpc) is 3.30. The molecule has 0 aromatic rings. The summed E-state index contributed by atoms with van der Waals surface area (Å²) < 4.78 is 0.